The maximum atomic E-state index is 10.4. The lowest BCUT2D eigenvalue weighted by atomic mass is 10.0. The van der Waals surface area contributed by atoms with Gasteiger partial charge in [0.2, 0.25) is 6.41 Å². The van der Waals surface area contributed by atoms with Crippen LogP contribution in [0.15, 0.2) is 18.2 Å². The van der Waals surface area contributed by atoms with E-state index in [1.165, 1.54) is 0 Å². The largest absolute Gasteiger partial charge is 0.343 e. The summed E-state index contributed by atoms with van der Waals surface area (Å²) >= 11 is 12.0. The van der Waals surface area contributed by atoms with Crippen LogP contribution in [0.5, 0.6) is 0 Å². The van der Waals surface area contributed by atoms with Gasteiger partial charge < -0.3 is 4.90 Å². The monoisotopic (exact) mass is 253 g/mol. The molecule has 1 aliphatic heterocycles. The van der Waals surface area contributed by atoms with E-state index >= 15 is 0 Å². The molecular formula is C12H9Cl2NO. The molecule has 1 aromatic carbocycles. The molecule has 0 saturated carbocycles. The number of likely N-dealkylation sites (tertiary alicyclic amines) is 1. The van der Waals surface area contributed by atoms with Crippen molar-refractivity contribution < 1.29 is 4.79 Å². The van der Waals surface area contributed by atoms with Crippen LogP contribution in [0.1, 0.15) is 5.56 Å². The number of benzene rings is 1. The van der Waals surface area contributed by atoms with E-state index in [1.807, 2.05) is 0 Å². The zero-order chi connectivity index (χ0) is 11.5. The molecule has 2 rings (SSSR count). The Morgan fingerprint density at radius 1 is 1.31 bits per heavy atom. The molecule has 1 aromatic rings. The highest BCUT2D eigenvalue weighted by atomic mass is 35.5. The van der Waals surface area contributed by atoms with Crippen LogP contribution in [0, 0.1) is 17.8 Å². The molecule has 1 fully saturated rings. The van der Waals surface area contributed by atoms with Crippen molar-refractivity contribution >= 4 is 29.6 Å². The van der Waals surface area contributed by atoms with Crippen molar-refractivity contribution in [1.82, 2.24) is 4.90 Å². The highest BCUT2D eigenvalue weighted by Gasteiger charge is 2.22. The predicted octanol–water partition coefficient (Wildman–Crippen LogP) is 2.43. The molecule has 0 bridgehead atoms. The Morgan fingerprint density at radius 3 is 2.50 bits per heavy atom. The van der Waals surface area contributed by atoms with Crippen molar-refractivity contribution in [1.29, 1.82) is 0 Å². The summed E-state index contributed by atoms with van der Waals surface area (Å²) in [6, 6.07) is 5.30. The van der Waals surface area contributed by atoms with Gasteiger partial charge in [0.1, 0.15) is 0 Å². The van der Waals surface area contributed by atoms with Crippen molar-refractivity contribution in [2.75, 3.05) is 13.1 Å². The predicted molar refractivity (Wildman–Crippen MR) is 64.5 cm³/mol. The molecule has 0 aromatic heterocycles. The number of halogens is 2. The SMILES string of the molecule is O=CN1CC(C#Cc2c(Cl)cccc2Cl)C1. The second-order valence-electron chi connectivity index (χ2n) is 3.62. The summed E-state index contributed by atoms with van der Waals surface area (Å²) in [5.74, 6) is 6.27. The fraction of sp³-hybridized carbons (Fsp3) is 0.250. The molecule has 1 aliphatic rings. The average Bonchev–Trinajstić information content (AvgIpc) is 2.19. The topological polar surface area (TPSA) is 20.3 Å². The second kappa shape index (κ2) is 4.78. The number of hydrogen-bond acceptors (Lipinski definition) is 1. The molecule has 0 radical (unpaired) electrons. The summed E-state index contributed by atoms with van der Waals surface area (Å²) in [5, 5.41) is 1.12. The maximum Gasteiger partial charge on any atom is 0.209 e. The number of amides is 1. The smallest absolute Gasteiger partial charge is 0.209 e. The van der Waals surface area contributed by atoms with Crippen molar-refractivity contribution in [2.45, 2.75) is 0 Å². The second-order valence-corrected chi connectivity index (χ2v) is 4.44. The lowest BCUT2D eigenvalue weighted by molar-refractivity contribution is -0.122. The quantitative estimate of drug-likeness (QED) is 0.556. The van der Waals surface area contributed by atoms with Gasteiger partial charge in [0.05, 0.1) is 21.5 Å². The zero-order valence-corrected chi connectivity index (χ0v) is 9.92. The summed E-state index contributed by atoms with van der Waals surface area (Å²) in [4.78, 5) is 12.0. The normalized spacial score (nSPS) is 15.0. The highest BCUT2D eigenvalue weighted by molar-refractivity contribution is 6.36. The number of nitrogens with zero attached hydrogens (tertiary/aromatic N) is 1. The van der Waals surface area contributed by atoms with Gasteiger partial charge in [-0.1, -0.05) is 41.1 Å². The van der Waals surface area contributed by atoms with Gasteiger partial charge >= 0.3 is 0 Å². The van der Waals surface area contributed by atoms with Crippen LogP contribution in [0.3, 0.4) is 0 Å². The van der Waals surface area contributed by atoms with Crippen LogP contribution in [-0.4, -0.2) is 24.4 Å². The van der Waals surface area contributed by atoms with Crippen molar-refractivity contribution in [2.24, 2.45) is 5.92 Å². The molecule has 0 spiro atoms. The van der Waals surface area contributed by atoms with Gasteiger partial charge in [-0.25, -0.2) is 0 Å². The Hall–Kier alpha value is -1.17. The third-order valence-corrected chi connectivity index (χ3v) is 3.05. The van der Waals surface area contributed by atoms with Crippen molar-refractivity contribution in [3.05, 3.63) is 33.8 Å². The molecule has 0 aliphatic carbocycles. The molecule has 4 heteroatoms. The van der Waals surface area contributed by atoms with Crippen LogP contribution in [0.2, 0.25) is 10.0 Å². The standard InChI is InChI=1S/C12H9Cl2NO/c13-11-2-1-3-12(14)10(11)5-4-9-6-15(7-9)8-16/h1-3,8-9H,6-7H2. The van der Waals surface area contributed by atoms with E-state index in [0.29, 0.717) is 28.7 Å². The van der Waals surface area contributed by atoms with E-state index in [9.17, 15) is 4.79 Å². The number of rotatable bonds is 1. The molecule has 0 atom stereocenters. The van der Waals surface area contributed by atoms with E-state index in [0.717, 1.165) is 6.41 Å². The number of carbonyl (C=O) groups excluding carboxylic acids is 1. The van der Waals surface area contributed by atoms with E-state index in [4.69, 9.17) is 23.2 Å². The zero-order valence-electron chi connectivity index (χ0n) is 8.41. The minimum absolute atomic E-state index is 0.234. The Labute approximate surface area is 104 Å². The molecule has 2 nitrogen and oxygen atoms in total. The van der Waals surface area contributed by atoms with E-state index in [2.05, 4.69) is 11.8 Å². The summed E-state index contributed by atoms with van der Waals surface area (Å²) in [6.45, 7) is 1.39. The van der Waals surface area contributed by atoms with Crippen molar-refractivity contribution in [3.8, 4) is 11.8 Å². The first-order chi connectivity index (χ1) is 7.70. The lowest BCUT2D eigenvalue weighted by Crippen LogP contribution is -2.44. The van der Waals surface area contributed by atoms with Crippen LogP contribution in [0.25, 0.3) is 0 Å². The minimum atomic E-state index is 0.234. The Bertz CT molecular complexity index is 449. The fourth-order valence-corrected chi connectivity index (χ4v) is 1.97. The van der Waals surface area contributed by atoms with E-state index in [-0.39, 0.29) is 5.92 Å². The average molecular weight is 254 g/mol. The minimum Gasteiger partial charge on any atom is -0.343 e. The van der Waals surface area contributed by atoms with Crippen LogP contribution >= 0.6 is 23.2 Å². The maximum absolute atomic E-state index is 10.4. The fourth-order valence-electron chi connectivity index (χ4n) is 1.48. The highest BCUT2D eigenvalue weighted by Crippen LogP contribution is 2.23. The summed E-state index contributed by atoms with van der Waals surface area (Å²) < 4.78 is 0. The molecule has 16 heavy (non-hydrogen) atoms. The molecule has 1 saturated heterocycles. The van der Waals surface area contributed by atoms with Gasteiger partial charge in [0, 0.05) is 13.1 Å². The van der Waals surface area contributed by atoms with Crippen LogP contribution < -0.4 is 0 Å². The number of hydrogen-bond donors (Lipinski definition) is 0. The van der Waals surface area contributed by atoms with Crippen LogP contribution in [-0.2, 0) is 4.79 Å². The molecule has 82 valence electrons. The molecule has 1 amide bonds. The molecule has 0 N–H and O–H groups in total. The molecule has 1 heterocycles. The van der Waals surface area contributed by atoms with Gasteiger partial charge in [-0.2, -0.15) is 0 Å². The van der Waals surface area contributed by atoms with Gasteiger partial charge in [0.25, 0.3) is 0 Å². The Morgan fingerprint density at radius 2 is 1.94 bits per heavy atom. The third kappa shape index (κ3) is 2.32. The summed E-state index contributed by atoms with van der Waals surface area (Å²) in [6.07, 6.45) is 0.834. The van der Waals surface area contributed by atoms with Gasteiger partial charge in [-0.15, -0.1) is 0 Å². The van der Waals surface area contributed by atoms with E-state index < -0.39 is 0 Å². The first kappa shape index (κ1) is 11.3. The summed E-state index contributed by atoms with van der Waals surface area (Å²) in [5.41, 5.74) is 0.662. The van der Waals surface area contributed by atoms with Crippen LogP contribution in [0.4, 0.5) is 0 Å². The lowest BCUT2D eigenvalue weighted by Gasteiger charge is -2.32. The van der Waals surface area contributed by atoms with Crippen molar-refractivity contribution in [3.63, 3.8) is 0 Å². The molecule has 0 unspecified atom stereocenters. The number of carbonyl (C=O) groups is 1. The first-order valence-corrected chi connectivity index (χ1v) is 5.61. The van der Waals surface area contributed by atoms with E-state index in [1.54, 1.807) is 23.1 Å². The molecular weight excluding hydrogens is 245 g/mol. The van der Waals surface area contributed by atoms with Gasteiger partial charge in [-0.3, -0.25) is 4.79 Å². The Kier molecular flexibility index (Phi) is 3.38. The third-order valence-electron chi connectivity index (χ3n) is 2.42. The van der Waals surface area contributed by atoms with Gasteiger partial charge in [0.15, 0.2) is 0 Å². The first-order valence-electron chi connectivity index (χ1n) is 4.85. The van der Waals surface area contributed by atoms with Gasteiger partial charge in [-0.05, 0) is 12.1 Å². The Balaban J connectivity index is 2.10. The summed E-state index contributed by atoms with van der Waals surface area (Å²) in [7, 11) is 0.